The number of barbiturate groups is 1. The SMILES string of the molecule is COc1ccc(N2C(=O)NC(=O)/C(=C\c3ccc(OCc4cccc(C)c4)cc3)C2=O)cc1. The molecule has 1 aliphatic heterocycles. The zero-order chi connectivity index (χ0) is 23.4. The van der Waals surface area contributed by atoms with Gasteiger partial charge in [-0.25, -0.2) is 9.69 Å². The molecule has 0 atom stereocenters. The molecule has 1 N–H and O–H groups in total. The number of nitrogens with one attached hydrogen (secondary N) is 1. The second-order valence-electron chi connectivity index (χ2n) is 7.50. The molecule has 0 bridgehead atoms. The number of carbonyl (C=O) groups excluding carboxylic acids is 3. The van der Waals surface area contributed by atoms with E-state index < -0.39 is 17.8 Å². The van der Waals surface area contributed by atoms with Gasteiger partial charge < -0.3 is 9.47 Å². The van der Waals surface area contributed by atoms with Crippen molar-refractivity contribution in [3.05, 3.63) is 95.1 Å². The summed E-state index contributed by atoms with van der Waals surface area (Å²) < 4.78 is 10.9. The Morgan fingerprint density at radius 2 is 1.61 bits per heavy atom. The predicted octanol–water partition coefficient (Wildman–Crippen LogP) is 4.25. The van der Waals surface area contributed by atoms with Gasteiger partial charge in [-0.2, -0.15) is 0 Å². The zero-order valence-corrected chi connectivity index (χ0v) is 18.2. The van der Waals surface area contributed by atoms with Gasteiger partial charge in [0.25, 0.3) is 11.8 Å². The van der Waals surface area contributed by atoms with E-state index in [0.29, 0.717) is 29.4 Å². The Morgan fingerprint density at radius 1 is 0.909 bits per heavy atom. The molecule has 0 aromatic heterocycles. The number of carbonyl (C=O) groups is 3. The number of nitrogens with zero attached hydrogens (tertiary/aromatic N) is 1. The summed E-state index contributed by atoms with van der Waals surface area (Å²) in [5, 5.41) is 2.21. The van der Waals surface area contributed by atoms with E-state index in [9.17, 15) is 14.4 Å². The first kappa shape index (κ1) is 21.8. The summed E-state index contributed by atoms with van der Waals surface area (Å²) in [5.74, 6) is -0.198. The highest BCUT2D eigenvalue weighted by Gasteiger charge is 2.36. The number of anilines is 1. The third-order valence-electron chi connectivity index (χ3n) is 5.11. The smallest absolute Gasteiger partial charge is 0.335 e. The van der Waals surface area contributed by atoms with Gasteiger partial charge in [0.2, 0.25) is 0 Å². The molecule has 0 radical (unpaired) electrons. The average Bonchev–Trinajstić information content (AvgIpc) is 2.81. The van der Waals surface area contributed by atoms with E-state index in [1.165, 1.54) is 13.2 Å². The molecule has 1 aliphatic rings. The molecule has 3 aromatic rings. The molecule has 3 aromatic carbocycles. The molecule has 4 rings (SSSR count). The lowest BCUT2D eigenvalue weighted by atomic mass is 10.1. The van der Waals surface area contributed by atoms with Crippen LogP contribution < -0.4 is 19.7 Å². The molecule has 4 amide bonds. The molecule has 0 spiro atoms. The largest absolute Gasteiger partial charge is 0.497 e. The van der Waals surface area contributed by atoms with E-state index >= 15 is 0 Å². The van der Waals surface area contributed by atoms with Crippen molar-refractivity contribution in [2.75, 3.05) is 12.0 Å². The maximum atomic E-state index is 13.0. The van der Waals surface area contributed by atoms with Gasteiger partial charge in [0.15, 0.2) is 0 Å². The monoisotopic (exact) mass is 442 g/mol. The lowest BCUT2D eigenvalue weighted by Crippen LogP contribution is -2.54. The quantitative estimate of drug-likeness (QED) is 0.456. The van der Waals surface area contributed by atoms with Crippen molar-refractivity contribution in [1.82, 2.24) is 5.32 Å². The zero-order valence-electron chi connectivity index (χ0n) is 18.2. The van der Waals surface area contributed by atoms with Crippen LogP contribution in [0.15, 0.2) is 78.4 Å². The van der Waals surface area contributed by atoms with Gasteiger partial charge in [-0.15, -0.1) is 0 Å². The number of amides is 4. The van der Waals surface area contributed by atoms with Crippen molar-refractivity contribution in [3.63, 3.8) is 0 Å². The highest BCUT2D eigenvalue weighted by Crippen LogP contribution is 2.24. The number of hydrogen-bond acceptors (Lipinski definition) is 5. The number of benzene rings is 3. The molecule has 0 saturated carbocycles. The fourth-order valence-electron chi connectivity index (χ4n) is 3.42. The van der Waals surface area contributed by atoms with Crippen LogP contribution in [-0.4, -0.2) is 25.0 Å². The van der Waals surface area contributed by atoms with Crippen molar-refractivity contribution in [1.29, 1.82) is 0 Å². The Bertz CT molecular complexity index is 1230. The molecule has 0 aliphatic carbocycles. The third-order valence-corrected chi connectivity index (χ3v) is 5.11. The molecule has 1 saturated heterocycles. The van der Waals surface area contributed by atoms with Gasteiger partial charge in [0.05, 0.1) is 12.8 Å². The Hall–Kier alpha value is -4.39. The van der Waals surface area contributed by atoms with Gasteiger partial charge in [-0.05, 0) is 60.5 Å². The first-order valence-corrected chi connectivity index (χ1v) is 10.3. The number of hydrogen-bond donors (Lipinski definition) is 1. The lowest BCUT2D eigenvalue weighted by Gasteiger charge is -2.26. The third kappa shape index (κ3) is 4.93. The molecule has 1 fully saturated rings. The standard InChI is InChI=1S/C26H22N2O5/c1-17-4-3-5-19(14-17)16-33-22-10-6-18(7-11-22)15-23-24(29)27-26(31)28(25(23)30)20-8-12-21(32-2)13-9-20/h3-15H,16H2,1-2H3,(H,27,29,31)/b23-15+. The van der Waals surface area contributed by atoms with Crippen molar-refractivity contribution in [2.24, 2.45) is 0 Å². The predicted molar refractivity (Wildman–Crippen MR) is 124 cm³/mol. The Balaban J connectivity index is 1.51. The summed E-state index contributed by atoms with van der Waals surface area (Å²) >= 11 is 0. The van der Waals surface area contributed by atoms with Crippen molar-refractivity contribution >= 4 is 29.6 Å². The maximum absolute atomic E-state index is 13.0. The minimum Gasteiger partial charge on any atom is -0.497 e. The summed E-state index contributed by atoms with van der Waals surface area (Å²) in [6.07, 6.45) is 1.45. The van der Waals surface area contributed by atoms with Crippen LogP contribution in [-0.2, 0) is 16.2 Å². The van der Waals surface area contributed by atoms with Crippen molar-refractivity contribution in [3.8, 4) is 11.5 Å². The second-order valence-corrected chi connectivity index (χ2v) is 7.50. The average molecular weight is 442 g/mol. The van der Waals surface area contributed by atoms with Crippen LogP contribution in [0.25, 0.3) is 6.08 Å². The van der Waals surface area contributed by atoms with E-state index in [1.54, 1.807) is 48.5 Å². The Morgan fingerprint density at radius 3 is 2.27 bits per heavy atom. The van der Waals surface area contributed by atoms with E-state index in [-0.39, 0.29) is 5.57 Å². The van der Waals surface area contributed by atoms with Gasteiger partial charge in [0.1, 0.15) is 23.7 Å². The molecule has 7 nitrogen and oxygen atoms in total. The topological polar surface area (TPSA) is 84.9 Å². The number of imide groups is 2. The summed E-state index contributed by atoms with van der Waals surface area (Å²) in [6.45, 7) is 2.46. The Labute approximate surface area is 191 Å². The summed E-state index contributed by atoms with van der Waals surface area (Å²) in [7, 11) is 1.52. The fourth-order valence-corrected chi connectivity index (χ4v) is 3.42. The maximum Gasteiger partial charge on any atom is 0.335 e. The minimum absolute atomic E-state index is 0.140. The molecule has 166 valence electrons. The van der Waals surface area contributed by atoms with Gasteiger partial charge in [0, 0.05) is 0 Å². The van der Waals surface area contributed by atoms with Crippen LogP contribution in [0.1, 0.15) is 16.7 Å². The van der Waals surface area contributed by atoms with Crippen molar-refractivity contribution in [2.45, 2.75) is 13.5 Å². The lowest BCUT2D eigenvalue weighted by molar-refractivity contribution is -0.122. The summed E-state index contributed by atoms with van der Waals surface area (Å²) in [6, 6.07) is 20.7. The number of methoxy groups -OCH3 is 1. The van der Waals surface area contributed by atoms with Gasteiger partial charge in [-0.1, -0.05) is 42.0 Å². The van der Waals surface area contributed by atoms with Gasteiger partial charge in [-0.3, -0.25) is 14.9 Å². The summed E-state index contributed by atoms with van der Waals surface area (Å²) in [5.41, 5.74) is 3.04. The van der Waals surface area contributed by atoms with Crippen LogP contribution in [0.2, 0.25) is 0 Å². The first-order valence-electron chi connectivity index (χ1n) is 10.3. The fraction of sp³-hybridized carbons (Fsp3) is 0.115. The highest BCUT2D eigenvalue weighted by molar-refractivity contribution is 6.39. The van der Waals surface area contributed by atoms with Crippen molar-refractivity contribution < 1.29 is 23.9 Å². The second kappa shape index (κ2) is 9.40. The molecule has 0 unspecified atom stereocenters. The Kier molecular flexibility index (Phi) is 6.22. The number of rotatable bonds is 6. The van der Waals surface area contributed by atoms with E-state index in [2.05, 4.69) is 11.4 Å². The van der Waals surface area contributed by atoms with Crippen LogP contribution in [0.5, 0.6) is 11.5 Å². The van der Waals surface area contributed by atoms with Gasteiger partial charge >= 0.3 is 6.03 Å². The van der Waals surface area contributed by atoms with Crippen LogP contribution in [0.3, 0.4) is 0 Å². The van der Waals surface area contributed by atoms with E-state index in [0.717, 1.165) is 16.0 Å². The van der Waals surface area contributed by atoms with Crippen LogP contribution in [0, 0.1) is 6.92 Å². The minimum atomic E-state index is -0.799. The number of urea groups is 1. The first-order chi connectivity index (χ1) is 15.9. The summed E-state index contributed by atoms with van der Waals surface area (Å²) in [4.78, 5) is 38.6. The van der Waals surface area contributed by atoms with Crippen LogP contribution in [0.4, 0.5) is 10.5 Å². The normalized spacial score (nSPS) is 14.9. The van der Waals surface area contributed by atoms with E-state index in [4.69, 9.17) is 9.47 Å². The highest BCUT2D eigenvalue weighted by atomic mass is 16.5. The molecule has 33 heavy (non-hydrogen) atoms. The molecular formula is C26H22N2O5. The van der Waals surface area contributed by atoms with Crippen LogP contribution >= 0.6 is 0 Å². The molecule has 1 heterocycles. The number of aryl methyl sites for hydroxylation is 1. The molecule has 7 heteroatoms. The molecular weight excluding hydrogens is 420 g/mol. The number of ether oxygens (including phenoxy) is 2. The van der Waals surface area contributed by atoms with E-state index in [1.807, 2.05) is 25.1 Å².